The zero-order chi connectivity index (χ0) is 14.1. The van der Waals surface area contributed by atoms with Gasteiger partial charge >= 0.3 is 5.97 Å². The Morgan fingerprint density at radius 3 is 2.95 bits per heavy atom. The average molecular weight is 289 g/mol. The second-order valence-electron chi connectivity index (χ2n) is 5.01. The molecule has 1 aliphatic rings. The fourth-order valence-corrected chi connectivity index (χ4v) is 3.91. The fourth-order valence-electron chi connectivity index (χ4n) is 2.92. The number of esters is 1. The molecule has 1 rings (SSSR count). The van der Waals surface area contributed by atoms with E-state index in [1.165, 1.54) is 0 Å². The van der Waals surface area contributed by atoms with Crippen molar-refractivity contribution in [1.29, 1.82) is 0 Å². The Hall–Kier alpha value is -0.260. The van der Waals surface area contributed by atoms with E-state index in [-0.39, 0.29) is 12.6 Å². The van der Waals surface area contributed by atoms with E-state index >= 15 is 0 Å². The van der Waals surface area contributed by atoms with Crippen LogP contribution in [0.3, 0.4) is 0 Å². The molecule has 0 spiro atoms. The number of nitrogens with one attached hydrogen (secondary N) is 1. The number of hydrogen-bond donors (Lipinski definition) is 2. The van der Waals surface area contributed by atoms with Crippen LogP contribution in [0.5, 0.6) is 0 Å². The quantitative estimate of drug-likeness (QED) is 0.501. The molecule has 0 aromatic carbocycles. The van der Waals surface area contributed by atoms with Crippen molar-refractivity contribution in [2.75, 3.05) is 31.8 Å². The predicted molar refractivity (Wildman–Crippen MR) is 79.4 cm³/mol. The van der Waals surface area contributed by atoms with E-state index in [0.717, 1.165) is 43.6 Å². The molecular formula is C14H27NO3S. The minimum Gasteiger partial charge on any atom is -0.465 e. The van der Waals surface area contributed by atoms with Gasteiger partial charge in [-0.3, -0.25) is 4.79 Å². The molecule has 0 bridgehead atoms. The van der Waals surface area contributed by atoms with Crippen molar-refractivity contribution in [2.45, 2.75) is 44.6 Å². The molecule has 0 aliphatic heterocycles. The molecule has 0 saturated heterocycles. The van der Waals surface area contributed by atoms with Crippen LogP contribution in [0, 0.1) is 5.92 Å². The van der Waals surface area contributed by atoms with Gasteiger partial charge in [0.2, 0.25) is 0 Å². The molecule has 4 nitrogen and oxygen atoms in total. The number of aliphatic hydroxyl groups excluding tert-OH is 1. The highest BCUT2D eigenvalue weighted by Gasteiger charge is 2.48. The van der Waals surface area contributed by atoms with Crippen molar-refractivity contribution in [3.8, 4) is 0 Å². The lowest BCUT2D eigenvalue weighted by molar-refractivity contribution is -0.152. The van der Waals surface area contributed by atoms with E-state index < -0.39 is 5.54 Å². The molecule has 5 heteroatoms. The summed E-state index contributed by atoms with van der Waals surface area (Å²) in [4.78, 5) is 12.2. The highest BCUT2D eigenvalue weighted by molar-refractivity contribution is 7.99. The SMILES string of the molecule is CCOC(=O)C1(NC)CCCC1CCSCCCO. The number of hydrogen-bond acceptors (Lipinski definition) is 5. The van der Waals surface area contributed by atoms with Gasteiger partial charge in [-0.2, -0.15) is 11.8 Å². The highest BCUT2D eigenvalue weighted by Crippen LogP contribution is 2.39. The molecule has 0 aromatic heterocycles. The number of ether oxygens (including phenoxy) is 1. The zero-order valence-corrected chi connectivity index (χ0v) is 12.9. The van der Waals surface area contributed by atoms with Crippen LogP contribution in [-0.2, 0) is 9.53 Å². The standard InChI is InChI=1S/C14H27NO3S/c1-3-18-13(17)14(15-2)8-4-6-12(14)7-11-19-10-5-9-16/h12,15-16H,3-11H2,1-2H3. The Labute approximate surface area is 120 Å². The molecule has 2 atom stereocenters. The van der Waals surface area contributed by atoms with Crippen LogP contribution in [0.15, 0.2) is 0 Å². The van der Waals surface area contributed by atoms with Crippen LogP contribution in [0.2, 0.25) is 0 Å². The van der Waals surface area contributed by atoms with Gasteiger partial charge in [0.1, 0.15) is 5.54 Å². The molecule has 112 valence electrons. The number of rotatable bonds is 9. The molecule has 19 heavy (non-hydrogen) atoms. The summed E-state index contributed by atoms with van der Waals surface area (Å²) in [6.07, 6.45) is 4.96. The first-order valence-corrected chi connectivity index (χ1v) is 8.41. The third-order valence-corrected chi connectivity index (χ3v) is 5.07. The average Bonchev–Trinajstić information content (AvgIpc) is 2.83. The van der Waals surface area contributed by atoms with Gasteiger partial charge in [0.05, 0.1) is 6.61 Å². The molecule has 0 heterocycles. The molecular weight excluding hydrogens is 262 g/mol. The van der Waals surface area contributed by atoms with Crippen molar-refractivity contribution in [3.63, 3.8) is 0 Å². The van der Waals surface area contributed by atoms with Crippen molar-refractivity contribution in [1.82, 2.24) is 5.32 Å². The molecule has 0 amide bonds. The summed E-state index contributed by atoms with van der Waals surface area (Å²) in [5.74, 6) is 2.33. The third-order valence-electron chi connectivity index (χ3n) is 3.96. The number of carbonyl (C=O) groups is 1. The number of carbonyl (C=O) groups excluding carboxylic acids is 1. The minimum atomic E-state index is -0.465. The Morgan fingerprint density at radius 1 is 1.53 bits per heavy atom. The molecule has 1 aliphatic carbocycles. The maximum Gasteiger partial charge on any atom is 0.326 e. The van der Waals surface area contributed by atoms with E-state index in [0.29, 0.717) is 12.5 Å². The monoisotopic (exact) mass is 289 g/mol. The molecule has 0 radical (unpaired) electrons. The highest BCUT2D eigenvalue weighted by atomic mass is 32.2. The Bertz CT molecular complexity index is 275. The summed E-state index contributed by atoms with van der Waals surface area (Å²) < 4.78 is 5.25. The summed E-state index contributed by atoms with van der Waals surface area (Å²) in [7, 11) is 1.87. The lowest BCUT2D eigenvalue weighted by atomic mass is 9.85. The summed E-state index contributed by atoms with van der Waals surface area (Å²) in [5, 5.41) is 12.0. The number of thioether (sulfide) groups is 1. The summed E-state index contributed by atoms with van der Waals surface area (Å²) >= 11 is 1.86. The molecule has 1 saturated carbocycles. The summed E-state index contributed by atoms with van der Waals surface area (Å²) in [5.41, 5.74) is -0.465. The van der Waals surface area contributed by atoms with E-state index in [1.54, 1.807) is 0 Å². The Kier molecular flexibility index (Phi) is 7.80. The fraction of sp³-hybridized carbons (Fsp3) is 0.929. The Morgan fingerprint density at radius 2 is 2.32 bits per heavy atom. The summed E-state index contributed by atoms with van der Waals surface area (Å²) in [6, 6.07) is 0. The molecule has 0 aromatic rings. The maximum atomic E-state index is 12.2. The molecule has 2 unspecified atom stereocenters. The topological polar surface area (TPSA) is 58.6 Å². The van der Waals surface area contributed by atoms with Gasteiger partial charge in [0.15, 0.2) is 0 Å². The van der Waals surface area contributed by atoms with Gasteiger partial charge in [0, 0.05) is 6.61 Å². The maximum absolute atomic E-state index is 12.2. The third kappa shape index (κ3) is 4.36. The predicted octanol–water partition coefficient (Wildman–Crippen LogP) is 1.81. The van der Waals surface area contributed by atoms with Gasteiger partial charge in [-0.05, 0) is 57.1 Å². The second-order valence-corrected chi connectivity index (χ2v) is 6.23. The first-order chi connectivity index (χ1) is 9.21. The largest absolute Gasteiger partial charge is 0.465 e. The summed E-state index contributed by atoms with van der Waals surface area (Å²) in [6.45, 7) is 2.57. The van der Waals surface area contributed by atoms with Crippen LogP contribution < -0.4 is 5.32 Å². The Balaban J connectivity index is 2.48. The van der Waals surface area contributed by atoms with E-state index in [1.807, 2.05) is 25.7 Å². The van der Waals surface area contributed by atoms with Gasteiger partial charge in [-0.25, -0.2) is 0 Å². The van der Waals surface area contributed by atoms with Crippen molar-refractivity contribution < 1.29 is 14.6 Å². The van der Waals surface area contributed by atoms with E-state index in [2.05, 4.69) is 5.32 Å². The minimum absolute atomic E-state index is 0.0830. The van der Waals surface area contributed by atoms with Crippen LogP contribution >= 0.6 is 11.8 Å². The normalized spacial score (nSPS) is 26.6. The number of likely N-dealkylation sites (N-methyl/N-ethyl adjacent to an activating group) is 1. The zero-order valence-electron chi connectivity index (χ0n) is 12.1. The molecule has 1 fully saturated rings. The van der Waals surface area contributed by atoms with E-state index in [4.69, 9.17) is 9.84 Å². The van der Waals surface area contributed by atoms with Gasteiger partial charge in [-0.1, -0.05) is 6.42 Å². The van der Waals surface area contributed by atoms with Crippen LogP contribution in [0.1, 0.15) is 39.0 Å². The van der Waals surface area contributed by atoms with Gasteiger partial charge < -0.3 is 15.2 Å². The van der Waals surface area contributed by atoms with Crippen LogP contribution in [0.25, 0.3) is 0 Å². The smallest absolute Gasteiger partial charge is 0.326 e. The van der Waals surface area contributed by atoms with Crippen molar-refractivity contribution in [2.24, 2.45) is 5.92 Å². The van der Waals surface area contributed by atoms with Crippen LogP contribution in [-0.4, -0.2) is 48.4 Å². The van der Waals surface area contributed by atoms with Crippen molar-refractivity contribution >= 4 is 17.7 Å². The van der Waals surface area contributed by atoms with Crippen LogP contribution in [0.4, 0.5) is 0 Å². The van der Waals surface area contributed by atoms with Crippen molar-refractivity contribution in [3.05, 3.63) is 0 Å². The first kappa shape index (κ1) is 16.8. The second kappa shape index (κ2) is 8.82. The molecule has 2 N–H and O–H groups in total. The van der Waals surface area contributed by atoms with Gasteiger partial charge in [-0.15, -0.1) is 0 Å². The number of aliphatic hydroxyl groups is 1. The van der Waals surface area contributed by atoms with E-state index in [9.17, 15) is 4.79 Å². The first-order valence-electron chi connectivity index (χ1n) is 7.26. The van der Waals surface area contributed by atoms with Gasteiger partial charge in [0.25, 0.3) is 0 Å². The lowest BCUT2D eigenvalue weighted by Gasteiger charge is -2.32. The lowest BCUT2D eigenvalue weighted by Crippen LogP contribution is -2.54.